The van der Waals surface area contributed by atoms with E-state index in [1.54, 1.807) is 30.5 Å². The molecule has 2 heterocycles. The van der Waals surface area contributed by atoms with Gasteiger partial charge in [0.2, 0.25) is 0 Å². The van der Waals surface area contributed by atoms with Gasteiger partial charge in [-0.2, -0.15) is 5.26 Å². The van der Waals surface area contributed by atoms with Crippen molar-refractivity contribution in [2.45, 2.75) is 25.4 Å². The maximum absolute atomic E-state index is 13.1. The lowest BCUT2D eigenvalue weighted by atomic mass is 10.0. The van der Waals surface area contributed by atoms with Gasteiger partial charge in [0.15, 0.2) is 0 Å². The lowest BCUT2D eigenvalue weighted by Gasteiger charge is -2.34. The predicted octanol–water partition coefficient (Wildman–Crippen LogP) is 2.99. The van der Waals surface area contributed by atoms with E-state index in [0.29, 0.717) is 17.8 Å². The van der Waals surface area contributed by atoms with Gasteiger partial charge in [-0.15, -0.1) is 0 Å². The van der Waals surface area contributed by atoms with Gasteiger partial charge in [-0.1, -0.05) is 30.9 Å². The molecule has 132 valence electrons. The van der Waals surface area contributed by atoms with E-state index in [4.69, 9.17) is 5.26 Å². The van der Waals surface area contributed by atoms with Crippen molar-refractivity contribution in [3.05, 3.63) is 71.6 Å². The number of hydrogen-bond acceptors (Lipinski definition) is 4. The molecule has 0 atom stereocenters. The summed E-state index contributed by atoms with van der Waals surface area (Å²) in [4.78, 5) is 19.4. The first-order chi connectivity index (χ1) is 12.7. The predicted molar refractivity (Wildman–Crippen MR) is 101 cm³/mol. The average Bonchev–Trinajstić information content (AvgIpc) is 2.72. The van der Waals surface area contributed by atoms with Gasteiger partial charge in [0.25, 0.3) is 5.91 Å². The minimum Gasteiger partial charge on any atom is -0.330 e. The molecular formula is C21H22N4O. The topological polar surface area (TPSA) is 69.0 Å². The summed E-state index contributed by atoms with van der Waals surface area (Å²) in [7, 11) is 0. The van der Waals surface area contributed by atoms with Crippen LogP contribution in [0.2, 0.25) is 0 Å². The third-order valence-corrected chi connectivity index (χ3v) is 4.69. The molecule has 3 rings (SSSR count). The minimum absolute atomic E-state index is 0.0585. The molecule has 1 aromatic carbocycles. The van der Waals surface area contributed by atoms with E-state index < -0.39 is 0 Å². The molecule has 1 amide bonds. The number of carbonyl (C=O) groups excluding carboxylic acids is 1. The van der Waals surface area contributed by atoms with E-state index in [2.05, 4.69) is 22.9 Å². The fraction of sp³-hybridized carbons (Fsp3) is 0.286. The number of piperidine rings is 1. The number of pyridine rings is 1. The molecule has 1 N–H and O–H groups in total. The third-order valence-electron chi connectivity index (χ3n) is 4.69. The summed E-state index contributed by atoms with van der Waals surface area (Å²) >= 11 is 0. The van der Waals surface area contributed by atoms with Gasteiger partial charge < -0.3 is 10.2 Å². The van der Waals surface area contributed by atoms with Crippen LogP contribution in [-0.4, -0.2) is 34.9 Å². The van der Waals surface area contributed by atoms with E-state index in [-0.39, 0.29) is 11.9 Å². The number of aromatic nitrogens is 1. The van der Waals surface area contributed by atoms with Crippen LogP contribution in [0.1, 0.15) is 40.0 Å². The highest BCUT2D eigenvalue weighted by Crippen LogP contribution is 2.19. The maximum atomic E-state index is 13.1. The molecule has 1 saturated heterocycles. The smallest absolute Gasteiger partial charge is 0.272 e. The Morgan fingerprint density at radius 1 is 1.27 bits per heavy atom. The average molecular weight is 346 g/mol. The second-order valence-corrected chi connectivity index (χ2v) is 6.40. The maximum Gasteiger partial charge on any atom is 0.272 e. The van der Waals surface area contributed by atoms with Crippen molar-refractivity contribution in [2.24, 2.45) is 0 Å². The summed E-state index contributed by atoms with van der Waals surface area (Å²) in [5.41, 5.74) is 2.97. The minimum atomic E-state index is -0.0585. The number of nitriles is 1. The van der Waals surface area contributed by atoms with Crippen LogP contribution in [0.5, 0.6) is 0 Å². The van der Waals surface area contributed by atoms with Crippen LogP contribution < -0.4 is 5.32 Å². The van der Waals surface area contributed by atoms with E-state index in [1.165, 1.54) is 0 Å². The van der Waals surface area contributed by atoms with E-state index in [0.717, 1.165) is 37.1 Å². The Bertz CT molecular complexity index is 799. The van der Waals surface area contributed by atoms with Gasteiger partial charge in [0, 0.05) is 18.8 Å². The van der Waals surface area contributed by atoms with Gasteiger partial charge in [0.05, 0.1) is 11.6 Å². The molecule has 5 nitrogen and oxygen atoms in total. The van der Waals surface area contributed by atoms with Crippen LogP contribution in [0.25, 0.3) is 6.08 Å². The zero-order valence-corrected chi connectivity index (χ0v) is 14.7. The summed E-state index contributed by atoms with van der Waals surface area (Å²) in [5.74, 6) is -0.0585. The second kappa shape index (κ2) is 8.41. The summed E-state index contributed by atoms with van der Waals surface area (Å²) in [6.07, 6.45) is 5.23. The zero-order valence-electron chi connectivity index (χ0n) is 14.7. The summed E-state index contributed by atoms with van der Waals surface area (Å²) in [6.45, 7) is 6.05. The Morgan fingerprint density at radius 2 is 2.00 bits per heavy atom. The summed E-state index contributed by atoms with van der Waals surface area (Å²) < 4.78 is 0. The van der Waals surface area contributed by atoms with Crippen molar-refractivity contribution >= 4 is 12.0 Å². The van der Waals surface area contributed by atoms with E-state index >= 15 is 0 Å². The highest BCUT2D eigenvalue weighted by molar-refractivity contribution is 5.92. The largest absolute Gasteiger partial charge is 0.330 e. The standard InChI is InChI=1S/C21H22N4O/c1-2-16-7-8-20(24-14-16)21(26)25(19-9-11-23-12-10-19)15-18-5-3-17(13-22)4-6-18/h2-8,14,19,23H,1,9-12,15H2. The number of hydrogen-bond donors (Lipinski definition) is 1. The SMILES string of the molecule is C=Cc1ccc(C(=O)N(Cc2ccc(C#N)cc2)C2CCNCC2)nc1. The van der Waals surface area contributed by atoms with Gasteiger partial charge in [0.1, 0.15) is 5.69 Å². The molecule has 0 unspecified atom stereocenters. The number of nitrogens with one attached hydrogen (secondary N) is 1. The van der Waals surface area contributed by atoms with Gasteiger partial charge >= 0.3 is 0 Å². The lowest BCUT2D eigenvalue weighted by Crippen LogP contribution is -2.46. The molecule has 1 aromatic heterocycles. The third kappa shape index (κ3) is 4.16. The van der Waals surface area contributed by atoms with Crippen LogP contribution in [0.4, 0.5) is 0 Å². The van der Waals surface area contributed by atoms with Crippen LogP contribution >= 0.6 is 0 Å². The van der Waals surface area contributed by atoms with Crippen molar-refractivity contribution in [2.75, 3.05) is 13.1 Å². The molecule has 0 aliphatic carbocycles. The fourth-order valence-electron chi connectivity index (χ4n) is 3.17. The first-order valence-electron chi connectivity index (χ1n) is 8.80. The Hall–Kier alpha value is -2.97. The molecule has 1 aliphatic rings. The van der Waals surface area contributed by atoms with Crippen molar-refractivity contribution < 1.29 is 4.79 Å². The highest BCUT2D eigenvalue weighted by atomic mass is 16.2. The number of nitrogens with zero attached hydrogens (tertiary/aromatic N) is 3. The van der Waals surface area contributed by atoms with Crippen molar-refractivity contribution in [3.63, 3.8) is 0 Å². The molecule has 1 aliphatic heterocycles. The number of benzene rings is 1. The normalized spacial score (nSPS) is 14.4. The van der Waals surface area contributed by atoms with Crippen LogP contribution in [-0.2, 0) is 6.54 Å². The van der Waals surface area contributed by atoms with Gasteiger partial charge in [-0.3, -0.25) is 9.78 Å². The molecule has 5 heteroatoms. The molecule has 2 aromatic rings. The quantitative estimate of drug-likeness (QED) is 0.904. The molecule has 0 radical (unpaired) electrons. The summed E-state index contributed by atoms with van der Waals surface area (Å²) in [5, 5.41) is 12.3. The van der Waals surface area contributed by atoms with Crippen molar-refractivity contribution in [1.82, 2.24) is 15.2 Å². The highest BCUT2D eigenvalue weighted by Gasteiger charge is 2.27. The van der Waals surface area contributed by atoms with E-state index in [9.17, 15) is 4.79 Å². The lowest BCUT2D eigenvalue weighted by molar-refractivity contribution is 0.0617. The van der Waals surface area contributed by atoms with E-state index in [1.807, 2.05) is 23.1 Å². The van der Waals surface area contributed by atoms with Crippen molar-refractivity contribution in [1.29, 1.82) is 5.26 Å². The molecule has 0 spiro atoms. The van der Waals surface area contributed by atoms with Crippen LogP contribution in [0.15, 0.2) is 49.2 Å². The fourth-order valence-corrected chi connectivity index (χ4v) is 3.17. The molecule has 1 fully saturated rings. The second-order valence-electron chi connectivity index (χ2n) is 6.40. The van der Waals surface area contributed by atoms with Crippen LogP contribution in [0, 0.1) is 11.3 Å². The Balaban J connectivity index is 1.84. The molecular weight excluding hydrogens is 324 g/mol. The Morgan fingerprint density at radius 3 is 2.58 bits per heavy atom. The molecule has 0 saturated carbocycles. The van der Waals surface area contributed by atoms with Gasteiger partial charge in [-0.25, -0.2) is 0 Å². The molecule has 26 heavy (non-hydrogen) atoms. The first kappa shape index (κ1) is 17.8. The number of amides is 1. The first-order valence-corrected chi connectivity index (χ1v) is 8.80. The number of carbonyl (C=O) groups is 1. The van der Waals surface area contributed by atoms with Crippen LogP contribution in [0.3, 0.4) is 0 Å². The monoisotopic (exact) mass is 346 g/mol. The zero-order chi connectivity index (χ0) is 18.4. The Kier molecular flexibility index (Phi) is 5.77. The Labute approximate surface area is 154 Å². The summed E-state index contributed by atoms with van der Waals surface area (Å²) in [6, 6.07) is 13.3. The number of rotatable bonds is 5. The van der Waals surface area contributed by atoms with Gasteiger partial charge in [-0.05, 0) is 55.3 Å². The molecule has 0 bridgehead atoms. The van der Waals surface area contributed by atoms with Crippen molar-refractivity contribution in [3.8, 4) is 6.07 Å².